The molecule has 0 unspecified atom stereocenters. The highest BCUT2D eigenvalue weighted by molar-refractivity contribution is 7.71. The van der Waals surface area contributed by atoms with Gasteiger partial charge in [-0.1, -0.05) is 30.3 Å². The molecule has 5 rings (SSSR count). The van der Waals surface area contributed by atoms with Crippen molar-refractivity contribution in [1.29, 1.82) is 0 Å². The third-order valence-corrected chi connectivity index (χ3v) is 6.14. The molecular weight excluding hydrogens is 420 g/mol. The lowest BCUT2D eigenvalue weighted by Gasteiger charge is -2.08. The van der Waals surface area contributed by atoms with Gasteiger partial charge < -0.3 is 5.32 Å². The fourth-order valence-corrected chi connectivity index (χ4v) is 4.08. The van der Waals surface area contributed by atoms with Crippen LogP contribution in [0.25, 0.3) is 16.9 Å². The van der Waals surface area contributed by atoms with Crippen LogP contribution in [0, 0.1) is 18.6 Å². The number of aromatic nitrogens is 5. The zero-order valence-electron chi connectivity index (χ0n) is 18.0. The topological polar surface area (TPSA) is 80.5 Å². The number of carbonyl (C=O) groups is 1. The zero-order chi connectivity index (χ0) is 22.2. The SMILES string of the molecule is Cc1ccc(-c2nn(-c3ccccc3)cc2C(=O)NCc2n[nH]c(=S)n2C2CC2)cc1C. The minimum Gasteiger partial charge on any atom is -0.345 e. The van der Waals surface area contributed by atoms with Gasteiger partial charge in [0.05, 0.1) is 17.8 Å². The Labute approximate surface area is 191 Å². The number of amides is 1. The Balaban J connectivity index is 1.48. The number of hydrogen-bond donors (Lipinski definition) is 2. The molecule has 1 aliphatic carbocycles. The molecule has 1 fully saturated rings. The second-order valence-corrected chi connectivity index (χ2v) is 8.59. The van der Waals surface area contributed by atoms with E-state index in [1.54, 1.807) is 10.9 Å². The van der Waals surface area contributed by atoms with Crippen molar-refractivity contribution in [1.82, 2.24) is 29.9 Å². The molecule has 2 heterocycles. The van der Waals surface area contributed by atoms with Gasteiger partial charge in [-0.25, -0.2) is 4.68 Å². The molecule has 2 aromatic heterocycles. The van der Waals surface area contributed by atoms with Crippen LogP contribution in [0.2, 0.25) is 0 Å². The van der Waals surface area contributed by atoms with Crippen molar-refractivity contribution in [3.8, 4) is 16.9 Å². The van der Waals surface area contributed by atoms with E-state index in [9.17, 15) is 4.79 Å². The monoisotopic (exact) mass is 444 g/mol. The Morgan fingerprint density at radius 1 is 1.16 bits per heavy atom. The first-order chi connectivity index (χ1) is 15.5. The van der Waals surface area contributed by atoms with Crippen LogP contribution in [0.5, 0.6) is 0 Å². The van der Waals surface area contributed by atoms with Crippen LogP contribution in [0.4, 0.5) is 0 Å². The number of rotatable bonds is 6. The summed E-state index contributed by atoms with van der Waals surface area (Å²) in [6.45, 7) is 4.43. The lowest BCUT2D eigenvalue weighted by molar-refractivity contribution is 0.0950. The number of nitrogens with zero attached hydrogens (tertiary/aromatic N) is 4. The Morgan fingerprint density at radius 3 is 2.66 bits per heavy atom. The van der Waals surface area contributed by atoms with Crippen LogP contribution in [0.1, 0.15) is 46.2 Å². The summed E-state index contributed by atoms with van der Waals surface area (Å²) in [7, 11) is 0. The van der Waals surface area contributed by atoms with Gasteiger partial charge in [0.25, 0.3) is 5.91 Å². The van der Waals surface area contributed by atoms with Crippen molar-refractivity contribution in [2.24, 2.45) is 0 Å². The van der Waals surface area contributed by atoms with Crippen molar-refractivity contribution in [2.45, 2.75) is 39.3 Å². The van der Waals surface area contributed by atoms with Crippen LogP contribution in [0.15, 0.2) is 54.7 Å². The molecular formula is C24H24N6OS. The van der Waals surface area contributed by atoms with Crippen molar-refractivity contribution in [3.05, 3.63) is 82.0 Å². The van der Waals surface area contributed by atoms with Crippen LogP contribution in [-0.2, 0) is 6.54 Å². The lowest BCUT2D eigenvalue weighted by Crippen LogP contribution is -2.25. The second-order valence-electron chi connectivity index (χ2n) is 8.20. The number of aromatic amines is 1. The molecule has 2 aromatic carbocycles. The van der Waals surface area contributed by atoms with E-state index in [-0.39, 0.29) is 5.91 Å². The van der Waals surface area contributed by atoms with Crippen molar-refractivity contribution < 1.29 is 4.79 Å². The molecule has 7 nitrogen and oxygen atoms in total. The molecule has 32 heavy (non-hydrogen) atoms. The number of H-pyrrole nitrogens is 1. The van der Waals surface area contributed by atoms with Gasteiger partial charge in [0.1, 0.15) is 5.69 Å². The molecule has 0 atom stereocenters. The summed E-state index contributed by atoms with van der Waals surface area (Å²) in [4.78, 5) is 13.3. The summed E-state index contributed by atoms with van der Waals surface area (Å²) in [6.07, 6.45) is 3.97. The Kier molecular flexibility index (Phi) is 5.22. The van der Waals surface area contributed by atoms with Gasteiger partial charge in [0.15, 0.2) is 10.6 Å². The summed E-state index contributed by atoms with van der Waals surface area (Å²) in [5, 5.41) is 14.9. The van der Waals surface area contributed by atoms with E-state index in [2.05, 4.69) is 41.5 Å². The van der Waals surface area contributed by atoms with Gasteiger partial charge in [-0.2, -0.15) is 10.2 Å². The van der Waals surface area contributed by atoms with Crippen molar-refractivity contribution in [2.75, 3.05) is 0 Å². The number of benzene rings is 2. The third kappa shape index (κ3) is 3.89. The quantitative estimate of drug-likeness (QED) is 0.423. The van der Waals surface area contributed by atoms with E-state index < -0.39 is 0 Å². The fourth-order valence-electron chi connectivity index (χ4n) is 3.78. The summed E-state index contributed by atoms with van der Waals surface area (Å²) in [5.74, 6) is 0.547. The van der Waals surface area contributed by atoms with E-state index in [4.69, 9.17) is 17.3 Å². The van der Waals surface area contributed by atoms with Gasteiger partial charge >= 0.3 is 0 Å². The van der Waals surface area contributed by atoms with Crippen LogP contribution in [-0.4, -0.2) is 30.5 Å². The molecule has 0 aliphatic heterocycles. The Morgan fingerprint density at radius 2 is 1.94 bits per heavy atom. The highest BCUT2D eigenvalue weighted by Gasteiger charge is 2.27. The highest BCUT2D eigenvalue weighted by Crippen LogP contribution is 2.35. The van der Waals surface area contributed by atoms with Gasteiger partial charge in [-0.05, 0) is 68.2 Å². The smallest absolute Gasteiger partial charge is 0.255 e. The van der Waals surface area contributed by atoms with Crippen LogP contribution >= 0.6 is 12.2 Å². The summed E-state index contributed by atoms with van der Waals surface area (Å²) in [5.41, 5.74) is 5.33. The van der Waals surface area contributed by atoms with Crippen LogP contribution < -0.4 is 5.32 Å². The molecule has 1 amide bonds. The highest BCUT2D eigenvalue weighted by atomic mass is 32.1. The molecule has 0 radical (unpaired) electrons. The average molecular weight is 445 g/mol. The largest absolute Gasteiger partial charge is 0.345 e. The normalized spacial score (nSPS) is 13.3. The molecule has 2 N–H and O–H groups in total. The molecule has 0 spiro atoms. The first-order valence-corrected chi connectivity index (χ1v) is 11.1. The summed E-state index contributed by atoms with van der Waals surface area (Å²) in [6, 6.07) is 16.3. The van der Waals surface area contributed by atoms with Gasteiger partial charge in [-0.15, -0.1) is 0 Å². The first-order valence-electron chi connectivity index (χ1n) is 10.7. The van der Waals surface area contributed by atoms with Gasteiger partial charge in [0, 0.05) is 17.8 Å². The predicted molar refractivity (Wildman–Crippen MR) is 125 cm³/mol. The molecule has 0 bridgehead atoms. The summed E-state index contributed by atoms with van der Waals surface area (Å²) >= 11 is 5.35. The molecule has 1 saturated carbocycles. The fraction of sp³-hybridized carbons (Fsp3) is 0.250. The maximum absolute atomic E-state index is 13.3. The number of hydrogen-bond acceptors (Lipinski definition) is 4. The summed E-state index contributed by atoms with van der Waals surface area (Å²) < 4.78 is 4.36. The second kappa shape index (κ2) is 8.20. The third-order valence-electron chi connectivity index (χ3n) is 5.86. The average Bonchev–Trinajstić information content (AvgIpc) is 3.42. The molecule has 162 valence electrons. The van der Waals surface area contributed by atoms with E-state index in [1.165, 1.54) is 5.56 Å². The number of para-hydroxylation sites is 1. The number of aryl methyl sites for hydroxylation is 2. The Bertz CT molecular complexity index is 1350. The molecule has 0 saturated heterocycles. The number of nitrogens with one attached hydrogen (secondary N) is 2. The van der Waals surface area contributed by atoms with Crippen molar-refractivity contribution >= 4 is 18.1 Å². The molecule has 8 heteroatoms. The minimum atomic E-state index is -0.198. The zero-order valence-corrected chi connectivity index (χ0v) is 18.8. The maximum Gasteiger partial charge on any atom is 0.255 e. The molecule has 1 aliphatic rings. The standard InChI is InChI=1S/C24H24N6OS/c1-15-8-9-17(12-16(15)2)22-20(14-29(28-22)18-6-4-3-5-7-18)23(31)25-13-21-26-27-24(32)30(21)19-10-11-19/h3-9,12,14,19H,10-11,13H2,1-2H3,(H,25,31)(H,27,32). The Hall–Kier alpha value is -3.52. The van der Waals surface area contributed by atoms with E-state index >= 15 is 0 Å². The first kappa shape index (κ1) is 20.4. The molecule has 4 aromatic rings. The van der Waals surface area contributed by atoms with E-state index in [0.29, 0.717) is 28.6 Å². The van der Waals surface area contributed by atoms with Gasteiger partial charge in [0.2, 0.25) is 0 Å². The van der Waals surface area contributed by atoms with Crippen LogP contribution in [0.3, 0.4) is 0 Å². The van der Waals surface area contributed by atoms with Gasteiger partial charge in [-0.3, -0.25) is 14.5 Å². The minimum absolute atomic E-state index is 0.198. The van der Waals surface area contributed by atoms with Crippen molar-refractivity contribution in [3.63, 3.8) is 0 Å². The lowest BCUT2D eigenvalue weighted by atomic mass is 10.0. The maximum atomic E-state index is 13.3. The van der Waals surface area contributed by atoms with E-state index in [1.807, 2.05) is 41.0 Å². The number of carbonyl (C=O) groups excluding carboxylic acids is 1. The predicted octanol–water partition coefficient (Wildman–Crippen LogP) is 4.68. The van der Waals surface area contributed by atoms with E-state index in [0.717, 1.165) is 35.5 Å².